The van der Waals surface area contributed by atoms with E-state index in [4.69, 9.17) is 18.9 Å². The van der Waals surface area contributed by atoms with Gasteiger partial charge >= 0.3 is 11.9 Å². The highest BCUT2D eigenvalue weighted by molar-refractivity contribution is 7.17. The smallest absolute Gasteiger partial charge is 0.350 e. The van der Waals surface area contributed by atoms with Gasteiger partial charge in [0, 0.05) is 5.56 Å². The predicted octanol–water partition coefficient (Wildman–Crippen LogP) is 6.16. The Balaban J connectivity index is 1.61. The monoisotopic (exact) mass is 628 g/mol. The van der Waals surface area contributed by atoms with Crippen molar-refractivity contribution in [2.45, 2.75) is 33.4 Å². The number of carbonyl (C=O) groups is 3. The van der Waals surface area contributed by atoms with Gasteiger partial charge in [0.05, 0.1) is 38.1 Å². The van der Waals surface area contributed by atoms with Crippen molar-refractivity contribution in [3.8, 4) is 17.2 Å². The maximum atomic E-state index is 13.7. The Morgan fingerprint density at radius 2 is 1.71 bits per heavy atom. The second-order valence-corrected chi connectivity index (χ2v) is 11.1. The number of amides is 1. The standard InChI is InChI=1S/C34H32N2O8S/c1-6-43-33(40)31-20(3)35-34(45-31)36-28(22-12-15-25(41-4)26(17-22)42-5)27(30(38)32(36)39)29(37)24-14-13-23(16-19(24)2)44-18-21-10-8-7-9-11-21/h7-17,28,37H,6,18H2,1-5H3. The summed E-state index contributed by atoms with van der Waals surface area (Å²) in [5.41, 5.74) is 2.65. The van der Waals surface area contributed by atoms with E-state index in [-0.39, 0.29) is 27.9 Å². The lowest BCUT2D eigenvalue weighted by molar-refractivity contribution is -0.132. The van der Waals surface area contributed by atoms with Crippen LogP contribution in [0.1, 0.15) is 50.6 Å². The SMILES string of the molecule is CCOC(=O)c1sc(N2C(=O)C(=O)C(=C(O)c3ccc(OCc4ccccc4)cc3C)C2c2ccc(OC)c(OC)c2)nc1C. The summed E-state index contributed by atoms with van der Waals surface area (Å²) in [6, 6.07) is 18.7. The third-order valence-corrected chi connectivity index (χ3v) is 8.46. The van der Waals surface area contributed by atoms with Gasteiger partial charge in [-0.15, -0.1) is 0 Å². The fourth-order valence-electron chi connectivity index (χ4n) is 5.12. The number of methoxy groups -OCH3 is 2. The Bertz CT molecular complexity index is 1800. The van der Waals surface area contributed by atoms with Crippen molar-refractivity contribution < 1.29 is 38.4 Å². The summed E-state index contributed by atoms with van der Waals surface area (Å²) in [5.74, 6) is -1.36. The van der Waals surface area contributed by atoms with Gasteiger partial charge in [0.2, 0.25) is 0 Å². The lowest BCUT2D eigenvalue weighted by Gasteiger charge is -2.24. The van der Waals surface area contributed by atoms with Crippen LogP contribution < -0.4 is 19.1 Å². The molecule has 1 unspecified atom stereocenters. The van der Waals surface area contributed by atoms with Gasteiger partial charge in [-0.3, -0.25) is 14.5 Å². The highest BCUT2D eigenvalue weighted by Crippen LogP contribution is 2.46. The summed E-state index contributed by atoms with van der Waals surface area (Å²) in [5, 5.41) is 11.8. The highest BCUT2D eigenvalue weighted by Gasteiger charge is 2.48. The molecular formula is C34H32N2O8S. The topological polar surface area (TPSA) is 124 Å². The van der Waals surface area contributed by atoms with Crippen molar-refractivity contribution in [3.05, 3.63) is 105 Å². The van der Waals surface area contributed by atoms with Crippen LogP contribution in [-0.2, 0) is 20.9 Å². The van der Waals surface area contributed by atoms with Crippen molar-refractivity contribution in [1.29, 1.82) is 0 Å². The summed E-state index contributed by atoms with van der Waals surface area (Å²) >= 11 is 0.935. The van der Waals surface area contributed by atoms with Crippen molar-refractivity contribution in [2.75, 3.05) is 25.7 Å². The molecule has 11 heteroatoms. The number of benzene rings is 3. The number of rotatable bonds is 10. The van der Waals surface area contributed by atoms with E-state index in [2.05, 4.69) is 4.98 Å². The maximum Gasteiger partial charge on any atom is 0.350 e. The molecule has 2 heterocycles. The van der Waals surface area contributed by atoms with Crippen LogP contribution in [-0.4, -0.2) is 48.6 Å². The molecule has 0 bridgehead atoms. The van der Waals surface area contributed by atoms with E-state index in [9.17, 15) is 19.5 Å². The van der Waals surface area contributed by atoms with E-state index in [0.29, 0.717) is 46.2 Å². The van der Waals surface area contributed by atoms with Gasteiger partial charge in [0.1, 0.15) is 23.0 Å². The number of aliphatic hydroxyl groups is 1. The molecule has 1 fully saturated rings. The van der Waals surface area contributed by atoms with Crippen LogP contribution in [0.15, 0.2) is 72.3 Å². The van der Waals surface area contributed by atoms with Crippen molar-refractivity contribution in [3.63, 3.8) is 0 Å². The first-order valence-electron chi connectivity index (χ1n) is 14.1. The minimum atomic E-state index is -1.10. The fourth-order valence-corrected chi connectivity index (χ4v) is 6.10. The second kappa shape index (κ2) is 13.2. The third kappa shape index (κ3) is 6.12. The number of anilines is 1. The number of Topliss-reactive ketones (excluding diaryl/α,β-unsaturated/α-hetero) is 1. The third-order valence-electron chi connectivity index (χ3n) is 7.32. The zero-order chi connectivity index (χ0) is 32.2. The lowest BCUT2D eigenvalue weighted by Crippen LogP contribution is -2.29. The molecular weight excluding hydrogens is 596 g/mol. The number of ketones is 1. The molecule has 3 aromatic carbocycles. The zero-order valence-electron chi connectivity index (χ0n) is 25.5. The van der Waals surface area contributed by atoms with E-state index in [1.807, 2.05) is 30.3 Å². The Labute approximate surface area is 264 Å². The number of thiazole rings is 1. The number of aromatic nitrogens is 1. The van der Waals surface area contributed by atoms with Crippen LogP contribution in [0.3, 0.4) is 0 Å². The summed E-state index contributed by atoms with van der Waals surface area (Å²) in [6.45, 7) is 5.61. The number of nitrogens with zero attached hydrogens (tertiary/aromatic N) is 2. The molecule has 1 aliphatic rings. The van der Waals surface area contributed by atoms with Crippen LogP contribution in [0.4, 0.5) is 5.13 Å². The number of hydrogen-bond acceptors (Lipinski definition) is 10. The van der Waals surface area contributed by atoms with E-state index in [1.165, 1.54) is 19.1 Å². The van der Waals surface area contributed by atoms with Gasteiger partial charge in [-0.2, -0.15) is 0 Å². The Morgan fingerprint density at radius 1 is 0.978 bits per heavy atom. The van der Waals surface area contributed by atoms with Crippen LogP contribution >= 0.6 is 11.3 Å². The summed E-state index contributed by atoms with van der Waals surface area (Å²) < 4.78 is 22.0. The fraction of sp³-hybridized carbons (Fsp3) is 0.235. The molecule has 1 N–H and O–H groups in total. The van der Waals surface area contributed by atoms with Gasteiger partial charge in [-0.05, 0) is 67.8 Å². The maximum absolute atomic E-state index is 13.7. The largest absolute Gasteiger partial charge is 0.507 e. The Kier molecular flexibility index (Phi) is 9.19. The average molecular weight is 629 g/mol. The average Bonchev–Trinajstić information content (AvgIpc) is 3.55. The minimum Gasteiger partial charge on any atom is -0.507 e. The lowest BCUT2D eigenvalue weighted by atomic mass is 9.93. The highest BCUT2D eigenvalue weighted by atomic mass is 32.1. The number of ether oxygens (including phenoxy) is 4. The van der Waals surface area contributed by atoms with Gasteiger partial charge in [0.15, 0.2) is 16.6 Å². The Morgan fingerprint density at radius 3 is 2.38 bits per heavy atom. The molecule has 0 spiro atoms. The molecule has 4 aromatic rings. The van der Waals surface area contributed by atoms with Crippen LogP contribution in [0.5, 0.6) is 17.2 Å². The molecule has 232 valence electrons. The molecule has 1 aliphatic heterocycles. The van der Waals surface area contributed by atoms with E-state index >= 15 is 0 Å². The second-order valence-electron chi connectivity index (χ2n) is 10.2. The molecule has 45 heavy (non-hydrogen) atoms. The first-order chi connectivity index (χ1) is 21.7. The van der Waals surface area contributed by atoms with Gasteiger partial charge < -0.3 is 24.1 Å². The van der Waals surface area contributed by atoms with Gasteiger partial charge in [-0.25, -0.2) is 9.78 Å². The van der Waals surface area contributed by atoms with E-state index < -0.39 is 23.7 Å². The molecule has 0 aliphatic carbocycles. The van der Waals surface area contributed by atoms with Crippen LogP contribution in [0.2, 0.25) is 0 Å². The summed E-state index contributed by atoms with van der Waals surface area (Å²) in [6.07, 6.45) is 0. The molecule has 5 rings (SSSR count). The summed E-state index contributed by atoms with van der Waals surface area (Å²) in [7, 11) is 2.97. The first-order valence-corrected chi connectivity index (χ1v) is 14.9. The Hall–Kier alpha value is -5.16. The molecule has 1 amide bonds. The van der Waals surface area contributed by atoms with E-state index in [1.54, 1.807) is 57.2 Å². The molecule has 1 saturated heterocycles. The first kappa shape index (κ1) is 31.3. The number of aliphatic hydroxyl groups excluding tert-OH is 1. The zero-order valence-corrected chi connectivity index (χ0v) is 26.3. The predicted molar refractivity (Wildman–Crippen MR) is 169 cm³/mol. The quantitative estimate of drug-likeness (QED) is 0.0952. The normalized spacial score (nSPS) is 15.7. The van der Waals surface area contributed by atoms with Gasteiger partial charge in [-0.1, -0.05) is 47.7 Å². The number of carbonyl (C=O) groups excluding carboxylic acids is 3. The molecule has 10 nitrogen and oxygen atoms in total. The molecule has 0 saturated carbocycles. The number of esters is 1. The van der Waals surface area contributed by atoms with E-state index in [0.717, 1.165) is 16.9 Å². The molecule has 1 atom stereocenters. The van der Waals surface area contributed by atoms with Crippen LogP contribution in [0, 0.1) is 13.8 Å². The van der Waals surface area contributed by atoms with Gasteiger partial charge in [0.25, 0.3) is 5.78 Å². The van der Waals surface area contributed by atoms with Crippen molar-refractivity contribution >= 4 is 39.9 Å². The summed E-state index contributed by atoms with van der Waals surface area (Å²) in [4.78, 5) is 45.9. The number of hydrogen-bond donors (Lipinski definition) is 1. The minimum absolute atomic E-state index is 0.109. The van der Waals surface area contributed by atoms with Crippen molar-refractivity contribution in [1.82, 2.24) is 4.98 Å². The molecule has 1 aromatic heterocycles. The van der Waals surface area contributed by atoms with Crippen LogP contribution in [0.25, 0.3) is 5.76 Å². The number of aryl methyl sites for hydroxylation is 2. The van der Waals surface area contributed by atoms with Crippen molar-refractivity contribution in [2.24, 2.45) is 0 Å². The molecule has 0 radical (unpaired) electrons.